The number of rotatable bonds is 4. The zero-order valence-corrected chi connectivity index (χ0v) is 13.6. The number of alkyl halides is 3. The molecule has 0 heterocycles. The van der Waals surface area contributed by atoms with Crippen LogP contribution in [0.3, 0.4) is 0 Å². The summed E-state index contributed by atoms with van der Waals surface area (Å²) in [6, 6.07) is 10.1. The van der Waals surface area contributed by atoms with Gasteiger partial charge in [0.15, 0.2) is 0 Å². The summed E-state index contributed by atoms with van der Waals surface area (Å²) in [5.41, 5.74) is 3.43. The van der Waals surface area contributed by atoms with E-state index in [9.17, 15) is 13.2 Å². The van der Waals surface area contributed by atoms with E-state index in [0.717, 1.165) is 17.7 Å². The van der Waals surface area contributed by atoms with Gasteiger partial charge < -0.3 is 0 Å². The summed E-state index contributed by atoms with van der Waals surface area (Å²) >= 11 is 11.8. The highest BCUT2D eigenvalue weighted by Gasteiger charge is 2.30. The summed E-state index contributed by atoms with van der Waals surface area (Å²) in [5.74, 6) is 0. The van der Waals surface area contributed by atoms with Crippen LogP contribution in [0, 0.1) is 0 Å². The van der Waals surface area contributed by atoms with Crippen LogP contribution in [0.1, 0.15) is 24.5 Å². The van der Waals surface area contributed by atoms with E-state index >= 15 is 0 Å². The van der Waals surface area contributed by atoms with Crippen LogP contribution in [0.25, 0.3) is 0 Å². The third kappa shape index (κ3) is 4.62. The molecule has 7 heteroatoms. The van der Waals surface area contributed by atoms with Crippen molar-refractivity contribution in [1.82, 2.24) is 0 Å². The van der Waals surface area contributed by atoms with E-state index in [2.05, 4.69) is 10.5 Å². The Hall–Kier alpha value is -1.72. The molecule has 2 aromatic rings. The molecule has 1 N–H and O–H groups in total. The molecule has 0 fully saturated rings. The van der Waals surface area contributed by atoms with Crippen molar-refractivity contribution in [3.05, 3.63) is 63.6 Å². The van der Waals surface area contributed by atoms with Crippen molar-refractivity contribution in [2.24, 2.45) is 5.10 Å². The van der Waals surface area contributed by atoms with Gasteiger partial charge in [-0.15, -0.1) is 0 Å². The second-order valence-corrected chi connectivity index (χ2v) is 5.57. The Morgan fingerprint density at radius 2 is 1.74 bits per heavy atom. The minimum atomic E-state index is -4.44. The summed E-state index contributed by atoms with van der Waals surface area (Å²) in [4.78, 5) is 0. The lowest BCUT2D eigenvalue weighted by Crippen LogP contribution is -2.07. The molecule has 0 aliphatic rings. The number of hydrogen-bond donors (Lipinski definition) is 1. The highest BCUT2D eigenvalue weighted by atomic mass is 35.5. The van der Waals surface area contributed by atoms with Crippen molar-refractivity contribution in [3.8, 4) is 0 Å². The molecule has 2 aromatic carbocycles. The van der Waals surface area contributed by atoms with E-state index in [1.807, 2.05) is 6.92 Å². The van der Waals surface area contributed by atoms with Crippen molar-refractivity contribution < 1.29 is 13.2 Å². The number of benzene rings is 2. The van der Waals surface area contributed by atoms with Gasteiger partial charge in [-0.05, 0) is 42.3 Å². The maximum atomic E-state index is 12.7. The third-order valence-corrected chi connectivity index (χ3v) is 3.70. The maximum Gasteiger partial charge on any atom is 0.416 e. The van der Waals surface area contributed by atoms with Gasteiger partial charge in [0.1, 0.15) is 0 Å². The molecule has 23 heavy (non-hydrogen) atoms. The monoisotopic (exact) mass is 360 g/mol. The van der Waals surface area contributed by atoms with Crippen LogP contribution in [0.4, 0.5) is 18.9 Å². The molecule has 0 saturated heterocycles. The van der Waals surface area contributed by atoms with Crippen LogP contribution in [-0.4, -0.2) is 5.71 Å². The fourth-order valence-corrected chi connectivity index (χ4v) is 2.19. The molecule has 0 amide bonds. The van der Waals surface area contributed by atoms with Crippen LogP contribution in [0.15, 0.2) is 47.6 Å². The van der Waals surface area contributed by atoms with Gasteiger partial charge in [0.05, 0.1) is 22.0 Å². The van der Waals surface area contributed by atoms with Gasteiger partial charge in [-0.1, -0.05) is 42.3 Å². The van der Waals surface area contributed by atoms with Gasteiger partial charge in [-0.25, -0.2) is 0 Å². The van der Waals surface area contributed by atoms with Crippen LogP contribution in [0.2, 0.25) is 10.0 Å². The van der Waals surface area contributed by atoms with E-state index in [0.29, 0.717) is 17.2 Å². The van der Waals surface area contributed by atoms with Crippen molar-refractivity contribution in [3.63, 3.8) is 0 Å². The van der Waals surface area contributed by atoms with Gasteiger partial charge in [-0.2, -0.15) is 18.3 Å². The molecule has 0 bridgehead atoms. The van der Waals surface area contributed by atoms with Crippen molar-refractivity contribution >= 4 is 34.6 Å². The lowest BCUT2D eigenvalue weighted by Gasteiger charge is -2.11. The first-order valence-corrected chi connectivity index (χ1v) is 7.52. The fourth-order valence-electron chi connectivity index (χ4n) is 1.90. The lowest BCUT2D eigenvalue weighted by atomic mass is 10.1. The summed E-state index contributed by atoms with van der Waals surface area (Å²) in [7, 11) is 0. The van der Waals surface area contributed by atoms with E-state index in [1.165, 1.54) is 6.07 Å². The summed E-state index contributed by atoms with van der Waals surface area (Å²) in [6.07, 6.45) is -3.85. The molecule has 2 nitrogen and oxygen atoms in total. The molecule has 0 unspecified atom stereocenters. The topological polar surface area (TPSA) is 24.4 Å². The fraction of sp³-hybridized carbons (Fsp3) is 0.188. The van der Waals surface area contributed by atoms with Gasteiger partial charge in [-0.3, -0.25) is 5.43 Å². The van der Waals surface area contributed by atoms with Crippen LogP contribution < -0.4 is 5.43 Å². The molecule has 0 aliphatic heterocycles. The Morgan fingerprint density at radius 1 is 1.09 bits per heavy atom. The van der Waals surface area contributed by atoms with Crippen LogP contribution in [-0.2, 0) is 6.18 Å². The van der Waals surface area contributed by atoms with Crippen molar-refractivity contribution in [2.75, 3.05) is 5.43 Å². The number of nitrogens with one attached hydrogen (secondary N) is 1. The number of nitrogens with zero attached hydrogens (tertiary/aromatic N) is 1. The molecule has 0 saturated carbocycles. The molecular formula is C16H13Cl2F3N2. The van der Waals surface area contributed by atoms with Crippen LogP contribution >= 0.6 is 23.2 Å². The average Bonchev–Trinajstić information content (AvgIpc) is 2.50. The first kappa shape index (κ1) is 17.6. The Bertz CT molecular complexity index is 710. The molecule has 0 atom stereocenters. The highest BCUT2D eigenvalue weighted by Crippen LogP contribution is 2.33. The number of hydrazone groups is 1. The first-order chi connectivity index (χ1) is 10.8. The zero-order chi connectivity index (χ0) is 17.0. The largest absolute Gasteiger partial charge is 0.416 e. The summed E-state index contributed by atoms with van der Waals surface area (Å²) in [5, 5.41) is 4.92. The van der Waals surface area contributed by atoms with Gasteiger partial charge in [0.2, 0.25) is 0 Å². The minimum absolute atomic E-state index is 0.0985. The Morgan fingerprint density at radius 3 is 2.30 bits per heavy atom. The number of hydrogen-bond acceptors (Lipinski definition) is 2. The molecule has 0 aromatic heterocycles. The van der Waals surface area contributed by atoms with Crippen molar-refractivity contribution in [2.45, 2.75) is 19.5 Å². The molecular weight excluding hydrogens is 348 g/mol. The van der Waals surface area contributed by atoms with E-state index < -0.39 is 11.7 Å². The predicted octanol–water partition coefficient (Wildman–Crippen LogP) is 6.24. The van der Waals surface area contributed by atoms with E-state index in [4.69, 9.17) is 23.2 Å². The maximum absolute atomic E-state index is 12.7. The molecule has 0 radical (unpaired) electrons. The number of halogens is 5. The quantitative estimate of drug-likeness (QED) is 0.506. The van der Waals surface area contributed by atoms with Crippen LogP contribution in [0.5, 0.6) is 0 Å². The van der Waals surface area contributed by atoms with Crippen molar-refractivity contribution in [1.29, 1.82) is 0 Å². The SMILES string of the molecule is CC/C(=N\Nc1cc(C(F)(F)F)ccc1Cl)c1ccc(Cl)cc1. The summed E-state index contributed by atoms with van der Waals surface area (Å²) < 4.78 is 38.2. The van der Waals surface area contributed by atoms with Gasteiger partial charge in [0.25, 0.3) is 0 Å². The van der Waals surface area contributed by atoms with Gasteiger partial charge >= 0.3 is 6.18 Å². The Balaban J connectivity index is 2.28. The lowest BCUT2D eigenvalue weighted by molar-refractivity contribution is -0.137. The molecule has 0 spiro atoms. The van der Waals surface area contributed by atoms with E-state index in [1.54, 1.807) is 24.3 Å². The van der Waals surface area contributed by atoms with E-state index in [-0.39, 0.29) is 10.7 Å². The van der Waals surface area contributed by atoms with Gasteiger partial charge in [0, 0.05) is 5.02 Å². The zero-order valence-electron chi connectivity index (χ0n) is 12.1. The molecule has 0 aliphatic carbocycles. The predicted molar refractivity (Wildman–Crippen MR) is 88.4 cm³/mol. The number of anilines is 1. The average molecular weight is 361 g/mol. The molecule has 122 valence electrons. The normalized spacial score (nSPS) is 12.3. The second kappa shape index (κ2) is 7.23. The third-order valence-electron chi connectivity index (χ3n) is 3.12. The Labute approximate surface area is 141 Å². The Kier molecular flexibility index (Phi) is 5.55. The molecule has 2 rings (SSSR count). The first-order valence-electron chi connectivity index (χ1n) is 6.76. The smallest absolute Gasteiger partial charge is 0.277 e. The second-order valence-electron chi connectivity index (χ2n) is 4.72. The minimum Gasteiger partial charge on any atom is -0.277 e. The summed E-state index contributed by atoms with van der Waals surface area (Å²) in [6.45, 7) is 1.89. The standard InChI is InChI=1S/C16H13Cl2F3N2/c1-2-14(10-3-6-12(17)7-4-10)22-23-15-9-11(16(19,20)21)5-8-13(15)18/h3-9,23H,2H2,1H3/b22-14+. The highest BCUT2D eigenvalue weighted by molar-refractivity contribution is 6.33.